The number of nitrogens with zero attached hydrogens (tertiary/aromatic N) is 2. The lowest BCUT2D eigenvalue weighted by Gasteiger charge is -2.55. The van der Waals surface area contributed by atoms with E-state index in [-0.39, 0.29) is 23.4 Å². The van der Waals surface area contributed by atoms with Gasteiger partial charge < -0.3 is 5.32 Å². The summed E-state index contributed by atoms with van der Waals surface area (Å²) >= 11 is 0. The largest absolute Gasteiger partial charge is 0.333 e. The van der Waals surface area contributed by atoms with Crippen molar-refractivity contribution in [3.8, 4) is 0 Å². The van der Waals surface area contributed by atoms with Gasteiger partial charge in [-0.15, -0.1) is 0 Å². The van der Waals surface area contributed by atoms with Gasteiger partial charge in [0.15, 0.2) is 0 Å². The van der Waals surface area contributed by atoms with Crippen molar-refractivity contribution >= 4 is 11.9 Å². The van der Waals surface area contributed by atoms with Crippen LogP contribution in [0.4, 0.5) is 4.79 Å². The molecule has 1 aromatic heterocycles. The van der Waals surface area contributed by atoms with E-state index in [1.54, 1.807) is 0 Å². The summed E-state index contributed by atoms with van der Waals surface area (Å²) in [6, 6.07) is -0.381. The van der Waals surface area contributed by atoms with Gasteiger partial charge in [0.1, 0.15) is 0 Å². The lowest BCUT2D eigenvalue weighted by molar-refractivity contribution is -0.147. The van der Waals surface area contributed by atoms with Gasteiger partial charge >= 0.3 is 6.03 Å². The summed E-state index contributed by atoms with van der Waals surface area (Å²) in [6.07, 6.45) is 11.6. The maximum atomic E-state index is 12.9. The Bertz CT molecular complexity index is 735. The van der Waals surface area contributed by atoms with Crippen molar-refractivity contribution in [1.29, 1.82) is 0 Å². The smallest absolute Gasteiger partial charge is 0.330 e. The number of carbonyl (C=O) groups excluding carboxylic acids is 2. The molecule has 6 rings (SSSR count). The molecule has 0 radical (unpaired) electrons. The first-order valence-corrected chi connectivity index (χ1v) is 10.4. The van der Waals surface area contributed by atoms with E-state index < -0.39 is 0 Å². The van der Waals surface area contributed by atoms with Crippen molar-refractivity contribution in [2.24, 2.45) is 30.2 Å². The van der Waals surface area contributed by atoms with Crippen molar-refractivity contribution < 1.29 is 9.59 Å². The van der Waals surface area contributed by atoms with Gasteiger partial charge in [0.05, 0.1) is 17.7 Å². The van der Waals surface area contributed by atoms with E-state index in [4.69, 9.17) is 0 Å². The lowest BCUT2D eigenvalue weighted by Crippen LogP contribution is -2.58. The summed E-state index contributed by atoms with van der Waals surface area (Å²) in [5.41, 5.74) is 7.38. The van der Waals surface area contributed by atoms with Gasteiger partial charge in [-0.05, 0) is 75.5 Å². The number of hydrogen-bond acceptors (Lipinski definition) is 3. The third kappa shape index (κ3) is 2.91. The summed E-state index contributed by atoms with van der Waals surface area (Å²) in [5, 5.41) is 7.31. The van der Waals surface area contributed by atoms with Crippen molar-refractivity contribution in [3.05, 3.63) is 17.5 Å². The molecule has 3 amide bonds. The van der Waals surface area contributed by atoms with E-state index in [0.717, 1.165) is 44.1 Å². The van der Waals surface area contributed by atoms with Crippen LogP contribution >= 0.6 is 0 Å². The van der Waals surface area contributed by atoms with Crippen LogP contribution in [0.1, 0.15) is 68.7 Å². The minimum atomic E-state index is -0.338. The molecule has 7 heteroatoms. The Morgan fingerprint density at radius 1 is 1.11 bits per heavy atom. The number of aromatic nitrogens is 2. The molecule has 3 N–H and O–H groups in total. The SMILES string of the molecule is Cn1ncc2c1CCC[C@H]2NC(=O)NNC(=O)C12CC3CC(CC(C3)C1)C2. The first-order valence-electron chi connectivity index (χ1n) is 10.4. The third-order valence-electron chi connectivity index (χ3n) is 7.49. The number of fused-ring (bicyclic) bond motifs is 1. The van der Waals surface area contributed by atoms with Crippen LogP contribution in [0.2, 0.25) is 0 Å². The molecule has 0 saturated heterocycles. The van der Waals surface area contributed by atoms with Crippen LogP contribution in [-0.4, -0.2) is 21.7 Å². The molecule has 0 aliphatic heterocycles. The molecule has 1 atom stereocenters. The van der Waals surface area contributed by atoms with Crippen LogP contribution in [-0.2, 0) is 18.3 Å². The fraction of sp³-hybridized carbons (Fsp3) is 0.750. The zero-order chi connectivity index (χ0) is 18.6. The number of urea groups is 1. The Labute approximate surface area is 159 Å². The third-order valence-corrected chi connectivity index (χ3v) is 7.49. The van der Waals surface area contributed by atoms with Crippen LogP contribution in [0, 0.1) is 23.2 Å². The number of amides is 3. The quantitative estimate of drug-likeness (QED) is 0.697. The topological polar surface area (TPSA) is 88.1 Å². The minimum Gasteiger partial charge on any atom is -0.330 e. The number of carbonyl (C=O) groups is 2. The molecule has 146 valence electrons. The fourth-order valence-corrected chi connectivity index (χ4v) is 6.69. The normalized spacial score (nSPS) is 36.2. The van der Waals surface area contributed by atoms with Gasteiger partial charge in [-0.2, -0.15) is 5.10 Å². The highest BCUT2D eigenvalue weighted by Gasteiger charge is 2.54. The van der Waals surface area contributed by atoms with E-state index in [0.29, 0.717) is 17.8 Å². The number of aryl methyl sites for hydroxylation is 1. The fourth-order valence-electron chi connectivity index (χ4n) is 6.69. The monoisotopic (exact) mass is 371 g/mol. The maximum absolute atomic E-state index is 12.9. The molecule has 1 heterocycles. The van der Waals surface area contributed by atoms with E-state index in [1.165, 1.54) is 25.0 Å². The van der Waals surface area contributed by atoms with Crippen molar-refractivity contribution in [1.82, 2.24) is 25.9 Å². The van der Waals surface area contributed by atoms with E-state index >= 15 is 0 Å². The van der Waals surface area contributed by atoms with Gasteiger partial charge in [-0.25, -0.2) is 10.2 Å². The Morgan fingerprint density at radius 3 is 2.44 bits per heavy atom. The van der Waals surface area contributed by atoms with Crippen molar-refractivity contribution in [2.75, 3.05) is 0 Å². The number of nitrogens with one attached hydrogen (secondary N) is 3. The summed E-state index contributed by atoms with van der Waals surface area (Å²) in [7, 11) is 1.94. The van der Waals surface area contributed by atoms with Crippen LogP contribution in [0.5, 0.6) is 0 Å². The van der Waals surface area contributed by atoms with E-state index in [1.807, 2.05) is 17.9 Å². The molecular formula is C20H29N5O2. The van der Waals surface area contributed by atoms with Crippen molar-refractivity contribution in [2.45, 2.75) is 63.8 Å². The Hall–Kier alpha value is -2.05. The summed E-state index contributed by atoms with van der Waals surface area (Å²) in [5.74, 6) is 2.15. The highest BCUT2D eigenvalue weighted by atomic mass is 16.2. The van der Waals surface area contributed by atoms with Gasteiger partial charge in [-0.3, -0.25) is 14.9 Å². The first-order chi connectivity index (χ1) is 13.0. The van der Waals surface area contributed by atoms with Gasteiger partial charge in [-0.1, -0.05) is 0 Å². The predicted molar refractivity (Wildman–Crippen MR) is 99.3 cm³/mol. The molecule has 0 unspecified atom stereocenters. The van der Waals surface area contributed by atoms with Crippen molar-refractivity contribution in [3.63, 3.8) is 0 Å². The standard InChI is InChI=1S/C20H29N5O2/c1-25-17-4-2-3-16(15(17)11-21-25)22-19(27)24-23-18(26)20-8-12-5-13(9-20)7-14(6-12)10-20/h11-14,16H,2-10H2,1H3,(H,23,26)(H2,22,24,27)/t12?,13?,14?,16-,20?/m1/s1. The molecule has 0 aromatic carbocycles. The Balaban J connectivity index is 1.19. The molecule has 4 fully saturated rings. The molecule has 5 aliphatic carbocycles. The average molecular weight is 371 g/mol. The summed E-state index contributed by atoms with van der Waals surface area (Å²) in [4.78, 5) is 25.3. The van der Waals surface area contributed by atoms with Crippen LogP contribution < -0.4 is 16.2 Å². The van der Waals surface area contributed by atoms with E-state index in [2.05, 4.69) is 21.3 Å². The summed E-state index contributed by atoms with van der Waals surface area (Å²) in [6.45, 7) is 0. The average Bonchev–Trinajstić information content (AvgIpc) is 3.01. The number of rotatable bonds is 2. The molecule has 5 aliphatic rings. The zero-order valence-corrected chi connectivity index (χ0v) is 16.0. The highest BCUT2D eigenvalue weighted by molar-refractivity contribution is 5.86. The lowest BCUT2D eigenvalue weighted by atomic mass is 9.49. The van der Waals surface area contributed by atoms with E-state index in [9.17, 15) is 9.59 Å². The zero-order valence-electron chi connectivity index (χ0n) is 16.0. The maximum Gasteiger partial charge on any atom is 0.333 e. The number of hydrazine groups is 1. The van der Waals surface area contributed by atoms with Crippen LogP contribution in [0.3, 0.4) is 0 Å². The molecule has 27 heavy (non-hydrogen) atoms. The predicted octanol–water partition coefficient (Wildman–Crippen LogP) is 2.34. The molecule has 0 spiro atoms. The first kappa shape index (κ1) is 17.1. The Morgan fingerprint density at radius 2 is 1.78 bits per heavy atom. The second-order valence-corrected chi connectivity index (χ2v) is 9.37. The minimum absolute atomic E-state index is 0.0162. The van der Waals surface area contributed by atoms with Gasteiger partial charge in [0, 0.05) is 18.3 Å². The van der Waals surface area contributed by atoms with Gasteiger partial charge in [0.2, 0.25) is 5.91 Å². The second-order valence-electron chi connectivity index (χ2n) is 9.37. The molecular weight excluding hydrogens is 342 g/mol. The summed E-state index contributed by atoms with van der Waals surface area (Å²) < 4.78 is 1.88. The highest BCUT2D eigenvalue weighted by Crippen LogP contribution is 2.60. The molecule has 1 aromatic rings. The Kier molecular flexibility index (Phi) is 3.95. The molecule has 4 saturated carbocycles. The van der Waals surface area contributed by atoms with Gasteiger partial charge in [0.25, 0.3) is 0 Å². The second kappa shape index (κ2) is 6.24. The van der Waals surface area contributed by atoms with Crippen LogP contribution in [0.15, 0.2) is 6.20 Å². The van der Waals surface area contributed by atoms with Crippen LogP contribution in [0.25, 0.3) is 0 Å². The molecule has 4 bridgehead atoms. The number of hydrogen-bond donors (Lipinski definition) is 3. The molecule has 7 nitrogen and oxygen atoms in total.